The lowest BCUT2D eigenvalue weighted by Gasteiger charge is -2.15. The van der Waals surface area contributed by atoms with E-state index in [1.54, 1.807) is 4.90 Å². The molecule has 1 saturated heterocycles. The minimum Gasteiger partial charge on any atom is -0.341 e. The predicted molar refractivity (Wildman–Crippen MR) is 65.3 cm³/mol. The number of nitrogens with zero attached hydrogens (tertiary/aromatic N) is 2. The van der Waals surface area contributed by atoms with Gasteiger partial charge in [-0.25, -0.2) is 0 Å². The van der Waals surface area contributed by atoms with E-state index in [9.17, 15) is 4.79 Å². The maximum Gasteiger partial charge on any atom is 0.236 e. The average Bonchev–Trinajstić information content (AvgIpc) is 2.78. The summed E-state index contributed by atoms with van der Waals surface area (Å²) in [5.41, 5.74) is 2.56. The van der Waals surface area contributed by atoms with Gasteiger partial charge in [-0.05, 0) is 18.9 Å². The maximum absolute atomic E-state index is 11.6. The van der Waals surface area contributed by atoms with E-state index >= 15 is 0 Å². The Morgan fingerprint density at radius 2 is 2.41 bits per heavy atom. The van der Waals surface area contributed by atoms with Crippen LogP contribution in [0.1, 0.15) is 29.9 Å². The molecule has 0 N–H and O–H groups in total. The SMILES string of the molecule is Cc1cccc(C2CCN(C(=O)CC#N)C2)c1. The highest BCUT2D eigenvalue weighted by atomic mass is 16.2. The molecular weight excluding hydrogens is 212 g/mol. The van der Waals surface area contributed by atoms with E-state index in [0.717, 1.165) is 19.5 Å². The fourth-order valence-corrected chi connectivity index (χ4v) is 2.36. The third-order valence-corrected chi connectivity index (χ3v) is 3.28. The quantitative estimate of drug-likeness (QED) is 0.779. The number of likely N-dealkylation sites (tertiary alicyclic amines) is 1. The first-order valence-electron chi connectivity index (χ1n) is 5.92. The lowest BCUT2D eigenvalue weighted by atomic mass is 9.97. The largest absolute Gasteiger partial charge is 0.341 e. The van der Waals surface area contributed by atoms with Crippen LogP contribution in [-0.2, 0) is 4.79 Å². The lowest BCUT2D eigenvalue weighted by molar-refractivity contribution is -0.129. The fraction of sp³-hybridized carbons (Fsp3) is 0.429. The monoisotopic (exact) mass is 228 g/mol. The maximum atomic E-state index is 11.6. The molecule has 1 heterocycles. The Labute approximate surface area is 102 Å². The molecule has 17 heavy (non-hydrogen) atoms. The summed E-state index contributed by atoms with van der Waals surface area (Å²) in [4.78, 5) is 13.4. The molecule has 0 aliphatic carbocycles. The molecule has 1 fully saturated rings. The van der Waals surface area contributed by atoms with Crippen LogP contribution in [0.3, 0.4) is 0 Å². The van der Waals surface area contributed by atoms with Crippen LogP contribution >= 0.6 is 0 Å². The highest BCUT2D eigenvalue weighted by Gasteiger charge is 2.26. The van der Waals surface area contributed by atoms with Gasteiger partial charge in [0.1, 0.15) is 6.42 Å². The van der Waals surface area contributed by atoms with Crippen molar-refractivity contribution in [3.05, 3.63) is 35.4 Å². The number of nitriles is 1. The van der Waals surface area contributed by atoms with Crippen molar-refractivity contribution in [2.45, 2.75) is 25.7 Å². The van der Waals surface area contributed by atoms with Gasteiger partial charge in [0.15, 0.2) is 0 Å². The summed E-state index contributed by atoms with van der Waals surface area (Å²) in [6.07, 6.45) is 1.00. The first kappa shape index (κ1) is 11.7. The zero-order valence-electron chi connectivity index (χ0n) is 10.0. The Morgan fingerprint density at radius 3 is 3.12 bits per heavy atom. The fourth-order valence-electron chi connectivity index (χ4n) is 2.36. The van der Waals surface area contributed by atoms with Crippen molar-refractivity contribution < 1.29 is 4.79 Å². The third kappa shape index (κ3) is 2.65. The van der Waals surface area contributed by atoms with Gasteiger partial charge in [-0.15, -0.1) is 0 Å². The molecule has 1 atom stereocenters. The molecule has 0 bridgehead atoms. The van der Waals surface area contributed by atoms with Crippen LogP contribution in [0, 0.1) is 18.3 Å². The minimum atomic E-state index is -0.0392. The van der Waals surface area contributed by atoms with E-state index in [0.29, 0.717) is 5.92 Å². The molecule has 0 saturated carbocycles. The van der Waals surface area contributed by atoms with Crippen molar-refractivity contribution in [1.29, 1.82) is 5.26 Å². The van der Waals surface area contributed by atoms with E-state index in [2.05, 4.69) is 31.2 Å². The molecule has 1 aromatic carbocycles. The number of hydrogen-bond donors (Lipinski definition) is 0. The zero-order valence-corrected chi connectivity index (χ0v) is 10.0. The normalized spacial score (nSPS) is 19.1. The van der Waals surface area contributed by atoms with Crippen molar-refractivity contribution in [3.8, 4) is 6.07 Å². The second kappa shape index (κ2) is 5.01. The van der Waals surface area contributed by atoms with Gasteiger partial charge in [0, 0.05) is 19.0 Å². The van der Waals surface area contributed by atoms with Gasteiger partial charge in [-0.3, -0.25) is 4.79 Å². The summed E-state index contributed by atoms with van der Waals surface area (Å²) in [7, 11) is 0. The van der Waals surface area contributed by atoms with Crippen LogP contribution in [-0.4, -0.2) is 23.9 Å². The molecule has 3 heteroatoms. The van der Waals surface area contributed by atoms with E-state index < -0.39 is 0 Å². The Hall–Kier alpha value is -1.82. The Bertz CT molecular complexity index is 462. The van der Waals surface area contributed by atoms with Crippen LogP contribution in [0.5, 0.6) is 0 Å². The smallest absolute Gasteiger partial charge is 0.236 e. The first-order chi connectivity index (χ1) is 8.20. The minimum absolute atomic E-state index is 0.000533. The molecular formula is C14H16N2O. The van der Waals surface area contributed by atoms with Gasteiger partial charge in [0.25, 0.3) is 0 Å². The van der Waals surface area contributed by atoms with Crippen molar-refractivity contribution in [1.82, 2.24) is 4.90 Å². The highest BCUT2D eigenvalue weighted by Crippen LogP contribution is 2.27. The Morgan fingerprint density at radius 1 is 1.59 bits per heavy atom. The molecule has 0 aromatic heterocycles. The van der Waals surface area contributed by atoms with Crippen LogP contribution < -0.4 is 0 Å². The number of benzene rings is 1. The summed E-state index contributed by atoms with van der Waals surface area (Å²) in [6.45, 7) is 3.61. The summed E-state index contributed by atoms with van der Waals surface area (Å²) in [5, 5.41) is 8.52. The van der Waals surface area contributed by atoms with Gasteiger partial charge in [-0.2, -0.15) is 5.26 Å². The molecule has 88 valence electrons. The molecule has 1 aliphatic rings. The summed E-state index contributed by atoms with van der Waals surface area (Å²) in [6, 6.07) is 10.4. The number of hydrogen-bond acceptors (Lipinski definition) is 2. The summed E-state index contributed by atoms with van der Waals surface area (Å²) >= 11 is 0. The molecule has 1 aliphatic heterocycles. The predicted octanol–water partition coefficient (Wildman–Crippen LogP) is 2.22. The molecule has 0 radical (unpaired) electrons. The highest BCUT2D eigenvalue weighted by molar-refractivity contribution is 5.78. The van der Waals surface area contributed by atoms with Crippen molar-refractivity contribution >= 4 is 5.91 Å². The van der Waals surface area contributed by atoms with Gasteiger partial charge < -0.3 is 4.90 Å². The molecule has 0 spiro atoms. The van der Waals surface area contributed by atoms with Gasteiger partial charge >= 0.3 is 0 Å². The van der Waals surface area contributed by atoms with Crippen LogP contribution in [0.15, 0.2) is 24.3 Å². The van der Waals surface area contributed by atoms with E-state index in [1.165, 1.54) is 11.1 Å². The average molecular weight is 228 g/mol. The molecule has 1 aromatic rings. The number of rotatable bonds is 2. The number of carbonyl (C=O) groups excluding carboxylic acids is 1. The number of aryl methyl sites for hydroxylation is 1. The zero-order chi connectivity index (χ0) is 12.3. The third-order valence-electron chi connectivity index (χ3n) is 3.28. The second-order valence-electron chi connectivity index (χ2n) is 4.57. The second-order valence-corrected chi connectivity index (χ2v) is 4.57. The standard InChI is InChI=1S/C14H16N2O/c1-11-3-2-4-12(9-11)13-6-8-16(10-13)14(17)5-7-15/h2-4,9,13H,5-6,8,10H2,1H3. The van der Waals surface area contributed by atoms with E-state index in [1.807, 2.05) is 6.07 Å². The van der Waals surface area contributed by atoms with Crippen LogP contribution in [0.2, 0.25) is 0 Å². The molecule has 1 unspecified atom stereocenters. The topological polar surface area (TPSA) is 44.1 Å². The number of amides is 1. The van der Waals surface area contributed by atoms with Gasteiger partial charge in [0.2, 0.25) is 5.91 Å². The molecule has 1 amide bonds. The summed E-state index contributed by atoms with van der Waals surface area (Å²) in [5.74, 6) is 0.389. The summed E-state index contributed by atoms with van der Waals surface area (Å²) < 4.78 is 0. The van der Waals surface area contributed by atoms with Gasteiger partial charge in [0.05, 0.1) is 6.07 Å². The van der Waals surface area contributed by atoms with E-state index in [4.69, 9.17) is 5.26 Å². The van der Waals surface area contributed by atoms with E-state index in [-0.39, 0.29) is 12.3 Å². The van der Waals surface area contributed by atoms with Crippen molar-refractivity contribution in [2.24, 2.45) is 0 Å². The van der Waals surface area contributed by atoms with Crippen LogP contribution in [0.25, 0.3) is 0 Å². The van der Waals surface area contributed by atoms with Crippen LogP contribution in [0.4, 0.5) is 0 Å². The molecule has 2 rings (SSSR count). The van der Waals surface area contributed by atoms with Gasteiger partial charge in [-0.1, -0.05) is 29.8 Å². The van der Waals surface area contributed by atoms with Crippen molar-refractivity contribution in [2.75, 3.05) is 13.1 Å². The lowest BCUT2D eigenvalue weighted by Crippen LogP contribution is -2.27. The van der Waals surface area contributed by atoms with Crippen molar-refractivity contribution in [3.63, 3.8) is 0 Å². The molecule has 3 nitrogen and oxygen atoms in total. The number of carbonyl (C=O) groups is 1. The Balaban J connectivity index is 2.03. The first-order valence-corrected chi connectivity index (χ1v) is 5.92. The Kier molecular flexibility index (Phi) is 3.43.